The minimum Gasteiger partial charge on any atom is -0.454 e. The summed E-state index contributed by atoms with van der Waals surface area (Å²) in [4.78, 5) is 29.5. The molecule has 76 heavy (non-hydrogen) atoms. The molecule has 0 aromatic heterocycles. The van der Waals surface area contributed by atoms with Gasteiger partial charge in [0.15, 0.2) is 0 Å². The zero-order valence-corrected chi connectivity index (χ0v) is 45.6. The molecule has 12 aliphatic carbocycles. The summed E-state index contributed by atoms with van der Waals surface area (Å²) in [5, 5.41) is 72.9. The molecule has 10 saturated carbocycles. The van der Waals surface area contributed by atoms with Crippen molar-refractivity contribution in [2.24, 2.45) is 86.8 Å². The summed E-state index contributed by atoms with van der Waals surface area (Å²) >= 11 is 0. The Morgan fingerprint density at radius 2 is 1.61 bits per heavy atom. The summed E-state index contributed by atoms with van der Waals surface area (Å²) in [6.07, 6.45) is 21.1. The van der Waals surface area contributed by atoms with Crippen LogP contribution in [0, 0.1) is 98.6 Å². The Morgan fingerprint density at radius 3 is 2.37 bits per heavy atom. The largest absolute Gasteiger partial charge is 0.454 e. The molecule has 1 heterocycles. The van der Waals surface area contributed by atoms with E-state index in [1.54, 1.807) is 6.08 Å². The third-order valence-electron chi connectivity index (χ3n) is 26.4. The monoisotopic (exact) mass is 1030 g/mol. The number of aldehydes is 1. The highest BCUT2D eigenvalue weighted by Gasteiger charge is 2.85. The molecule has 20 unspecified atom stereocenters. The number of nitrogens with one attached hydrogen (secondary N) is 1. The van der Waals surface area contributed by atoms with Crippen LogP contribution in [0.25, 0.3) is 0 Å². The summed E-state index contributed by atoms with van der Waals surface area (Å²) < 4.78 is 6.49. The predicted octanol–water partition coefficient (Wildman–Crippen LogP) is 9.92. The van der Waals surface area contributed by atoms with Crippen LogP contribution < -0.4 is 5.32 Å². The van der Waals surface area contributed by atoms with Crippen LogP contribution >= 0.6 is 0 Å². The highest BCUT2D eigenvalue weighted by atomic mass is 16.5. The van der Waals surface area contributed by atoms with Gasteiger partial charge in [-0.1, -0.05) is 99.8 Å². The van der Waals surface area contributed by atoms with Gasteiger partial charge in [0.25, 0.3) is 0 Å². The van der Waals surface area contributed by atoms with E-state index in [1.165, 1.54) is 31.2 Å². The molecular weight excluding hydrogens is 947 g/mol. The topological polar surface area (TPSA) is 157 Å². The van der Waals surface area contributed by atoms with E-state index in [9.17, 15) is 20.1 Å². The molecule has 13 aliphatic rings. The second kappa shape index (κ2) is 18.1. The van der Waals surface area contributed by atoms with Crippen LogP contribution in [-0.2, 0) is 27.4 Å². The number of likely N-dealkylation sites (N-methyl/N-ethyl adjacent to an activating group) is 1. The minimum absolute atomic E-state index is 0.0923. The molecule has 6 N–H and O–H groups in total. The van der Waals surface area contributed by atoms with Crippen molar-refractivity contribution in [2.45, 2.75) is 209 Å². The highest BCUT2D eigenvalue weighted by Crippen LogP contribution is 2.81. The first-order valence-electron chi connectivity index (χ1n) is 30.9. The summed E-state index contributed by atoms with van der Waals surface area (Å²) in [7, 11) is 1.98. The van der Waals surface area contributed by atoms with E-state index in [4.69, 9.17) is 4.74 Å². The number of aliphatic hydroxyl groups excluding tert-OH is 2. The van der Waals surface area contributed by atoms with Gasteiger partial charge in [-0.3, -0.25) is 0 Å². The van der Waals surface area contributed by atoms with Gasteiger partial charge < -0.3 is 40.4 Å². The Balaban J connectivity index is 0.943. The molecule has 0 saturated heterocycles. The summed E-state index contributed by atoms with van der Waals surface area (Å²) in [5.41, 5.74) is -3.25. The van der Waals surface area contributed by atoms with Crippen molar-refractivity contribution >= 4 is 12.3 Å². The normalized spacial score (nSPS) is 48.0. The van der Waals surface area contributed by atoms with Crippen LogP contribution in [0.1, 0.15) is 183 Å². The lowest BCUT2D eigenvalue weighted by Gasteiger charge is -2.74. The number of carbonyl (C=O) groups is 2. The average molecular weight is 1030 g/mol. The molecule has 4 bridgehead atoms. The highest BCUT2D eigenvalue weighted by molar-refractivity contribution is 5.86. The molecule has 408 valence electrons. The van der Waals surface area contributed by atoms with Crippen molar-refractivity contribution in [3.63, 3.8) is 0 Å². The fourth-order valence-electron chi connectivity index (χ4n) is 23.5. The van der Waals surface area contributed by atoms with Crippen molar-refractivity contribution in [1.82, 2.24) is 5.32 Å². The minimum atomic E-state index is -1.76. The average Bonchev–Trinajstić information content (AvgIpc) is 3.79. The van der Waals surface area contributed by atoms with Crippen molar-refractivity contribution in [3.8, 4) is 11.8 Å². The van der Waals surface area contributed by atoms with Crippen molar-refractivity contribution < 1.29 is 39.9 Å². The molecule has 2 aromatic carbocycles. The molecule has 0 radical (unpaired) electrons. The molecule has 20 atom stereocenters. The number of rotatable bonds is 6. The fraction of sp³-hybridized carbons (Fsp3) is 0.731. The summed E-state index contributed by atoms with van der Waals surface area (Å²) in [6, 6.07) is 16.9. The van der Waals surface area contributed by atoms with Crippen LogP contribution in [0.2, 0.25) is 0 Å². The van der Waals surface area contributed by atoms with Gasteiger partial charge in [0.2, 0.25) is 0 Å². The van der Waals surface area contributed by atoms with E-state index in [0.29, 0.717) is 81.5 Å². The summed E-state index contributed by atoms with van der Waals surface area (Å²) in [5.74, 6) is 7.45. The predicted molar refractivity (Wildman–Crippen MR) is 290 cm³/mol. The first kappa shape index (κ1) is 50.8. The zero-order valence-electron chi connectivity index (χ0n) is 45.6. The van der Waals surface area contributed by atoms with Gasteiger partial charge in [-0.15, -0.1) is 0 Å². The Labute approximate surface area is 452 Å². The van der Waals surface area contributed by atoms with Gasteiger partial charge in [-0.05, 0) is 204 Å². The number of carbonyl (C=O) groups excluding carboxylic acids is 2. The Hall–Kier alpha value is -3.36. The molecule has 3 spiro atoms. The van der Waals surface area contributed by atoms with Crippen molar-refractivity contribution in [3.05, 3.63) is 82.4 Å². The second-order valence-electron chi connectivity index (χ2n) is 28.6. The van der Waals surface area contributed by atoms with E-state index in [0.717, 1.165) is 92.8 Å². The number of aliphatic hydroxyl groups is 5. The molecule has 2 aromatic rings. The first-order chi connectivity index (χ1) is 36.7. The van der Waals surface area contributed by atoms with E-state index in [2.05, 4.69) is 60.5 Å². The fourth-order valence-corrected chi connectivity index (χ4v) is 23.5. The van der Waals surface area contributed by atoms with E-state index < -0.39 is 68.4 Å². The molecule has 10 fully saturated rings. The van der Waals surface area contributed by atoms with Crippen LogP contribution in [-0.4, -0.2) is 79.9 Å². The molecule has 0 amide bonds. The maximum absolute atomic E-state index is 15.5. The molecule has 9 heteroatoms. The summed E-state index contributed by atoms with van der Waals surface area (Å²) in [6.45, 7) is 2.33. The number of hydrogen-bond donors (Lipinski definition) is 6. The maximum Gasteiger partial charge on any atom is 0.331 e. The van der Waals surface area contributed by atoms with Crippen LogP contribution in [0.4, 0.5) is 0 Å². The van der Waals surface area contributed by atoms with Gasteiger partial charge in [0.05, 0.1) is 29.3 Å². The SMILES string of the molecule is CNC1Cc2c(cccc2CO)C#CC2(CCCC2)CC23CCC4C(O)(CC5CC(C(C)C6CCCC6)CCC6C(O)C7(CCC8CC(c9ccccc9)CCC87)CC4(C=O)C56O)C2(O)CC2CC1C1OC(=O)C=C1C23. The molecule has 9 nitrogen and oxygen atoms in total. The lowest BCUT2D eigenvalue weighted by molar-refractivity contribution is -0.358. The van der Waals surface area contributed by atoms with Crippen LogP contribution in [0.3, 0.4) is 0 Å². The van der Waals surface area contributed by atoms with Crippen molar-refractivity contribution in [2.75, 3.05) is 7.05 Å². The number of esters is 1. The standard InChI is InChI=1S/C67H87NO8/c1-40(41-11-6-7-12-41)44-17-20-54-60(72)62(27-22-46-29-45(18-19-53(46)62)42-13-4-3-5-14-42)38-64(39-70)56-23-28-63-37-61(24-8-9-25-61)26-21-43-15-10-16-47(36-69)50(43)32-55(68-2)51-31-48(58(63)52-33-57(71)76-59(51)52)34-66(63,74)65(56,73)35-49(30-44)67(54,64)75/h3-5,10,13-16,33,39-41,44-46,48-49,51,53-56,58-60,68-69,72-75H,6-9,11-12,17-20,22-25,27-32,34-38H2,1-2H3. The van der Waals surface area contributed by atoms with E-state index in [-0.39, 0.29) is 54.6 Å². The van der Waals surface area contributed by atoms with Gasteiger partial charge in [0, 0.05) is 51.7 Å². The second-order valence-corrected chi connectivity index (χ2v) is 28.6. The quantitative estimate of drug-likeness (QED) is 0.0942. The molecule has 1 aliphatic heterocycles. The smallest absolute Gasteiger partial charge is 0.331 e. The number of fused-ring (bicyclic) bond motifs is 6. The van der Waals surface area contributed by atoms with Gasteiger partial charge in [-0.25, -0.2) is 4.79 Å². The van der Waals surface area contributed by atoms with Crippen LogP contribution in [0.5, 0.6) is 0 Å². The first-order valence-corrected chi connectivity index (χ1v) is 30.9. The number of benzene rings is 2. The van der Waals surface area contributed by atoms with Gasteiger partial charge in [-0.2, -0.15) is 0 Å². The Bertz CT molecular complexity index is 2720. The van der Waals surface area contributed by atoms with Gasteiger partial charge in [0.1, 0.15) is 18.0 Å². The number of hydrogen-bond acceptors (Lipinski definition) is 9. The lowest BCUT2D eigenvalue weighted by Crippen LogP contribution is -2.82. The van der Waals surface area contributed by atoms with E-state index in [1.807, 2.05) is 19.2 Å². The Morgan fingerprint density at radius 1 is 0.816 bits per heavy atom. The number of ether oxygens (including phenoxy) is 1. The van der Waals surface area contributed by atoms with Gasteiger partial charge >= 0.3 is 5.97 Å². The molecule has 15 rings (SSSR count). The van der Waals surface area contributed by atoms with Crippen molar-refractivity contribution in [1.29, 1.82) is 0 Å². The third kappa shape index (κ3) is 6.79. The third-order valence-corrected chi connectivity index (χ3v) is 26.4. The lowest BCUT2D eigenvalue weighted by atomic mass is 9.32. The maximum atomic E-state index is 15.5. The van der Waals surface area contributed by atoms with Crippen LogP contribution in [0.15, 0.2) is 60.2 Å². The zero-order chi connectivity index (χ0) is 52.2. The Kier molecular flexibility index (Phi) is 12.1. The van der Waals surface area contributed by atoms with E-state index >= 15 is 15.0 Å². The molecular formula is C67H87NO8.